The fourth-order valence-corrected chi connectivity index (χ4v) is 2.14. The molecule has 14 heavy (non-hydrogen) atoms. The van der Waals surface area contributed by atoms with E-state index in [0.717, 1.165) is 4.47 Å². The van der Waals surface area contributed by atoms with Gasteiger partial charge in [0.05, 0.1) is 11.0 Å². The highest BCUT2D eigenvalue weighted by molar-refractivity contribution is 9.11. The van der Waals surface area contributed by atoms with Crippen LogP contribution in [0.15, 0.2) is 26.1 Å². The Kier molecular flexibility index (Phi) is 4.18. The zero-order valence-electron chi connectivity index (χ0n) is 7.17. The van der Waals surface area contributed by atoms with Gasteiger partial charge in [0.25, 0.3) is 0 Å². The lowest BCUT2D eigenvalue weighted by molar-refractivity contribution is 0.471. The molecule has 0 fully saturated rings. The molecule has 1 N–H and O–H groups in total. The Morgan fingerprint density at radius 2 is 2.21 bits per heavy atom. The zero-order valence-corrected chi connectivity index (χ0v) is 10.3. The summed E-state index contributed by atoms with van der Waals surface area (Å²) < 4.78 is 1.48. The molecule has 0 saturated heterocycles. The van der Waals surface area contributed by atoms with Gasteiger partial charge in [-0.15, -0.1) is 6.42 Å². The van der Waals surface area contributed by atoms with Gasteiger partial charge in [0.1, 0.15) is 5.75 Å². The van der Waals surface area contributed by atoms with Crippen LogP contribution < -0.4 is 0 Å². The molecule has 0 saturated carbocycles. The first-order chi connectivity index (χ1) is 6.65. The number of hydrogen-bond acceptors (Lipinski definition) is 2. The third-order valence-corrected chi connectivity index (χ3v) is 2.53. The number of terminal acetylenes is 1. The fraction of sp³-hybridized carbons (Fsp3) is 0.100. The van der Waals surface area contributed by atoms with Crippen LogP contribution >= 0.6 is 31.9 Å². The number of phenols is 1. The zero-order chi connectivity index (χ0) is 10.6. The van der Waals surface area contributed by atoms with Crippen LogP contribution in [0.1, 0.15) is 5.56 Å². The summed E-state index contributed by atoms with van der Waals surface area (Å²) in [5.41, 5.74) is 0.626. The minimum absolute atomic E-state index is 0.161. The van der Waals surface area contributed by atoms with Crippen LogP contribution in [0.3, 0.4) is 0 Å². The van der Waals surface area contributed by atoms with Crippen LogP contribution in [0.2, 0.25) is 0 Å². The van der Waals surface area contributed by atoms with Crippen molar-refractivity contribution >= 4 is 38.1 Å². The van der Waals surface area contributed by atoms with Gasteiger partial charge in [0.2, 0.25) is 0 Å². The highest BCUT2D eigenvalue weighted by Gasteiger charge is 2.04. The third-order valence-electron chi connectivity index (χ3n) is 1.47. The lowest BCUT2D eigenvalue weighted by atomic mass is 10.2. The number of aliphatic imine (C=N–C) groups is 1. The van der Waals surface area contributed by atoms with Gasteiger partial charge < -0.3 is 5.11 Å². The predicted molar refractivity (Wildman–Crippen MR) is 64.8 cm³/mol. The molecular weight excluding hydrogens is 310 g/mol. The fourth-order valence-electron chi connectivity index (χ4n) is 0.881. The highest BCUT2D eigenvalue weighted by Crippen LogP contribution is 2.30. The van der Waals surface area contributed by atoms with Crippen molar-refractivity contribution in [3.05, 3.63) is 26.6 Å². The van der Waals surface area contributed by atoms with Gasteiger partial charge >= 0.3 is 0 Å². The predicted octanol–water partition coefficient (Wildman–Crippen LogP) is 2.97. The number of rotatable bonds is 2. The summed E-state index contributed by atoms with van der Waals surface area (Å²) in [4.78, 5) is 3.94. The molecule has 0 amide bonds. The highest BCUT2D eigenvalue weighted by atomic mass is 79.9. The van der Waals surface area contributed by atoms with Gasteiger partial charge in [-0.05, 0) is 28.1 Å². The van der Waals surface area contributed by atoms with Gasteiger partial charge in [0.15, 0.2) is 0 Å². The van der Waals surface area contributed by atoms with Crippen molar-refractivity contribution in [3.8, 4) is 18.1 Å². The Morgan fingerprint density at radius 1 is 1.50 bits per heavy atom. The first kappa shape index (κ1) is 11.3. The normalized spacial score (nSPS) is 10.4. The summed E-state index contributed by atoms with van der Waals surface area (Å²) >= 11 is 6.54. The molecule has 0 bridgehead atoms. The van der Waals surface area contributed by atoms with Crippen LogP contribution in [0.5, 0.6) is 5.75 Å². The van der Waals surface area contributed by atoms with Crippen molar-refractivity contribution in [3.63, 3.8) is 0 Å². The molecule has 0 aliphatic carbocycles. The minimum atomic E-state index is 0.161. The second kappa shape index (κ2) is 5.18. The number of phenolic OH excluding ortho intramolecular Hbond substituents is 1. The maximum atomic E-state index is 9.61. The van der Waals surface area contributed by atoms with E-state index in [1.165, 1.54) is 0 Å². The molecule has 2 nitrogen and oxygen atoms in total. The maximum Gasteiger partial charge on any atom is 0.138 e. The van der Waals surface area contributed by atoms with Crippen molar-refractivity contribution in [2.45, 2.75) is 0 Å². The standard InChI is InChI=1S/C10H7Br2NO/c1-2-3-13-6-7-4-8(11)5-9(12)10(7)14/h1,4-6,14H,3H2. The largest absolute Gasteiger partial charge is 0.506 e. The van der Waals surface area contributed by atoms with Crippen LogP contribution in [0.4, 0.5) is 0 Å². The van der Waals surface area contributed by atoms with Gasteiger partial charge in [-0.3, -0.25) is 4.99 Å². The first-order valence-corrected chi connectivity index (χ1v) is 5.35. The summed E-state index contributed by atoms with van der Waals surface area (Å²) in [6, 6.07) is 3.52. The number of nitrogens with zero attached hydrogens (tertiary/aromatic N) is 1. The molecular formula is C10H7Br2NO. The average molecular weight is 317 g/mol. The summed E-state index contributed by atoms with van der Waals surface area (Å²) in [5.74, 6) is 2.54. The Morgan fingerprint density at radius 3 is 2.86 bits per heavy atom. The van der Waals surface area contributed by atoms with Crippen molar-refractivity contribution in [1.82, 2.24) is 0 Å². The Bertz CT molecular complexity index is 407. The number of aromatic hydroxyl groups is 1. The van der Waals surface area contributed by atoms with Crippen LogP contribution in [0.25, 0.3) is 0 Å². The second-order valence-electron chi connectivity index (χ2n) is 2.50. The lowest BCUT2D eigenvalue weighted by Crippen LogP contribution is -1.85. The number of benzene rings is 1. The van der Waals surface area contributed by atoms with Gasteiger partial charge in [-0.1, -0.05) is 21.9 Å². The van der Waals surface area contributed by atoms with E-state index in [9.17, 15) is 5.11 Å². The summed E-state index contributed by atoms with van der Waals surface area (Å²) in [5, 5.41) is 9.61. The van der Waals surface area contributed by atoms with Crippen molar-refractivity contribution in [2.75, 3.05) is 6.54 Å². The molecule has 1 rings (SSSR count). The van der Waals surface area contributed by atoms with Crippen molar-refractivity contribution in [2.24, 2.45) is 4.99 Å². The van der Waals surface area contributed by atoms with Crippen molar-refractivity contribution < 1.29 is 5.11 Å². The van der Waals surface area contributed by atoms with Crippen molar-refractivity contribution in [1.29, 1.82) is 0 Å². The number of halogens is 2. The molecule has 0 unspecified atom stereocenters. The van der Waals surface area contributed by atoms with Gasteiger partial charge in [0, 0.05) is 16.3 Å². The Balaban J connectivity index is 3.03. The summed E-state index contributed by atoms with van der Waals surface area (Å²) in [6.45, 7) is 0.309. The van der Waals surface area contributed by atoms with E-state index < -0.39 is 0 Å². The van der Waals surface area contributed by atoms with Crippen LogP contribution in [-0.4, -0.2) is 17.9 Å². The monoisotopic (exact) mass is 315 g/mol. The van der Waals surface area contributed by atoms with Crippen LogP contribution in [-0.2, 0) is 0 Å². The molecule has 1 aromatic carbocycles. The minimum Gasteiger partial charge on any atom is -0.506 e. The first-order valence-electron chi connectivity index (χ1n) is 3.76. The average Bonchev–Trinajstić information content (AvgIpc) is 2.13. The molecule has 4 heteroatoms. The molecule has 0 aromatic heterocycles. The SMILES string of the molecule is C#CCN=Cc1cc(Br)cc(Br)c1O. The number of hydrogen-bond donors (Lipinski definition) is 1. The second-order valence-corrected chi connectivity index (χ2v) is 4.27. The third kappa shape index (κ3) is 2.86. The van der Waals surface area contributed by atoms with Gasteiger partial charge in [-0.25, -0.2) is 0 Å². The molecule has 0 spiro atoms. The molecule has 0 radical (unpaired) electrons. The van der Waals surface area contributed by atoms with E-state index in [-0.39, 0.29) is 5.75 Å². The van der Waals surface area contributed by atoms with Gasteiger partial charge in [-0.2, -0.15) is 0 Å². The molecule has 72 valence electrons. The molecule has 0 aliphatic rings. The van der Waals surface area contributed by atoms with E-state index in [0.29, 0.717) is 16.6 Å². The van der Waals surface area contributed by atoms with E-state index in [4.69, 9.17) is 6.42 Å². The lowest BCUT2D eigenvalue weighted by Gasteiger charge is -2.02. The molecule has 0 aliphatic heterocycles. The summed E-state index contributed by atoms with van der Waals surface area (Å²) in [6.07, 6.45) is 6.59. The quantitative estimate of drug-likeness (QED) is 0.660. The molecule has 0 atom stereocenters. The summed E-state index contributed by atoms with van der Waals surface area (Å²) in [7, 11) is 0. The van der Waals surface area contributed by atoms with E-state index in [1.807, 2.05) is 0 Å². The molecule has 1 aromatic rings. The van der Waals surface area contributed by atoms with E-state index in [1.54, 1.807) is 18.3 Å². The Hall–Kier alpha value is -0.790. The van der Waals surface area contributed by atoms with E-state index >= 15 is 0 Å². The van der Waals surface area contributed by atoms with E-state index in [2.05, 4.69) is 42.8 Å². The smallest absolute Gasteiger partial charge is 0.138 e. The Labute approximate surface area is 99.3 Å². The van der Waals surface area contributed by atoms with Crippen LogP contribution in [0, 0.1) is 12.3 Å². The topological polar surface area (TPSA) is 32.6 Å². The maximum absolute atomic E-state index is 9.61. The molecule has 0 heterocycles.